The van der Waals surface area contributed by atoms with Crippen molar-refractivity contribution < 1.29 is 14.3 Å². The van der Waals surface area contributed by atoms with Crippen molar-refractivity contribution in [3.05, 3.63) is 29.3 Å². The fraction of sp³-hybridized carbons (Fsp3) is 0.200. The van der Waals surface area contributed by atoms with Gasteiger partial charge in [0.15, 0.2) is 0 Å². The minimum absolute atomic E-state index is 0.313. The van der Waals surface area contributed by atoms with E-state index in [2.05, 4.69) is 9.73 Å². The molecule has 1 aromatic carbocycles. The zero-order valence-electron chi connectivity index (χ0n) is 8.99. The standard InChI is InChI=1S/C10H7Cl4NO3/c1-17-9(16)15-8(10(12,13)14)18-7-4-2-6(11)3-5-7/h2-5H,1H3/b15-8-. The van der Waals surface area contributed by atoms with E-state index in [0.29, 0.717) is 10.8 Å². The molecule has 0 aromatic heterocycles. The number of carbonyl (C=O) groups is 1. The van der Waals surface area contributed by atoms with Crippen LogP contribution < -0.4 is 4.74 Å². The van der Waals surface area contributed by atoms with Gasteiger partial charge in [-0.1, -0.05) is 46.4 Å². The van der Waals surface area contributed by atoms with Gasteiger partial charge in [-0.25, -0.2) is 4.79 Å². The van der Waals surface area contributed by atoms with E-state index in [-0.39, 0.29) is 0 Å². The Bertz CT molecular complexity index is 453. The number of nitrogens with zero attached hydrogens (tertiary/aromatic N) is 1. The Labute approximate surface area is 123 Å². The Hall–Kier alpha value is -0.680. The van der Waals surface area contributed by atoms with E-state index in [1.165, 1.54) is 12.1 Å². The van der Waals surface area contributed by atoms with Crippen LogP contribution in [0.4, 0.5) is 4.79 Å². The second-order valence-corrected chi connectivity index (χ2v) is 5.66. The van der Waals surface area contributed by atoms with Gasteiger partial charge in [-0.3, -0.25) is 0 Å². The maximum Gasteiger partial charge on any atom is 0.436 e. The van der Waals surface area contributed by atoms with Crippen molar-refractivity contribution in [1.29, 1.82) is 0 Å². The van der Waals surface area contributed by atoms with Gasteiger partial charge in [-0.05, 0) is 24.3 Å². The summed E-state index contributed by atoms with van der Waals surface area (Å²) in [5.41, 5.74) is 0. The number of carbonyl (C=O) groups excluding carboxylic acids is 1. The number of rotatable bonds is 1. The molecular formula is C10H7Cl4NO3. The predicted molar refractivity (Wildman–Crippen MR) is 72.2 cm³/mol. The largest absolute Gasteiger partial charge is 0.451 e. The van der Waals surface area contributed by atoms with Crippen molar-refractivity contribution >= 4 is 58.4 Å². The van der Waals surface area contributed by atoms with Crippen LogP contribution in [0.1, 0.15) is 0 Å². The van der Waals surface area contributed by atoms with Crippen molar-refractivity contribution in [2.45, 2.75) is 3.79 Å². The fourth-order valence-electron chi connectivity index (χ4n) is 0.887. The van der Waals surface area contributed by atoms with Crippen LogP contribution in [0.2, 0.25) is 5.02 Å². The smallest absolute Gasteiger partial charge is 0.436 e. The molecule has 0 atom stereocenters. The van der Waals surface area contributed by atoms with Crippen molar-refractivity contribution in [3.8, 4) is 5.75 Å². The summed E-state index contributed by atoms with van der Waals surface area (Å²) < 4.78 is 7.54. The Morgan fingerprint density at radius 3 is 2.22 bits per heavy atom. The summed E-state index contributed by atoms with van der Waals surface area (Å²) in [4.78, 5) is 14.4. The number of benzene rings is 1. The van der Waals surface area contributed by atoms with Gasteiger partial charge in [0.1, 0.15) is 5.75 Å². The first-order valence-electron chi connectivity index (χ1n) is 4.50. The molecule has 0 heterocycles. The van der Waals surface area contributed by atoms with E-state index in [0.717, 1.165) is 7.11 Å². The normalized spacial score (nSPS) is 12.2. The first kappa shape index (κ1) is 15.4. The Morgan fingerprint density at radius 1 is 1.22 bits per heavy atom. The molecule has 0 aliphatic heterocycles. The van der Waals surface area contributed by atoms with Crippen LogP contribution >= 0.6 is 46.4 Å². The summed E-state index contributed by atoms with van der Waals surface area (Å²) in [5, 5.41) is 0.516. The highest BCUT2D eigenvalue weighted by Crippen LogP contribution is 2.30. The second-order valence-electron chi connectivity index (χ2n) is 2.94. The van der Waals surface area contributed by atoms with Gasteiger partial charge in [-0.2, -0.15) is 0 Å². The van der Waals surface area contributed by atoms with E-state index in [4.69, 9.17) is 51.1 Å². The van der Waals surface area contributed by atoms with Crippen LogP contribution in [0.3, 0.4) is 0 Å². The van der Waals surface area contributed by atoms with E-state index >= 15 is 0 Å². The quantitative estimate of drug-likeness (QED) is 0.439. The van der Waals surface area contributed by atoms with E-state index in [9.17, 15) is 4.79 Å². The maximum absolute atomic E-state index is 11.0. The Balaban J connectivity index is 2.96. The summed E-state index contributed by atoms with van der Waals surface area (Å²) in [5.74, 6) is -0.102. The molecule has 0 spiro atoms. The van der Waals surface area contributed by atoms with Crippen molar-refractivity contribution in [2.75, 3.05) is 7.11 Å². The molecule has 0 saturated heterocycles. The van der Waals surface area contributed by atoms with E-state index < -0.39 is 15.8 Å². The summed E-state index contributed by atoms with van der Waals surface area (Å²) in [7, 11) is 1.14. The van der Waals surface area contributed by atoms with Gasteiger partial charge in [0, 0.05) is 5.02 Å². The van der Waals surface area contributed by atoms with Gasteiger partial charge < -0.3 is 9.47 Å². The number of aliphatic imine (C=N–C) groups is 1. The lowest BCUT2D eigenvalue weighted by Crippen LogP contribution is -2.26. The number of hydrogen-bond acceptors (Lipinski definition) is 3. The molecule has 1 aromatic rings. The lowest BCUT2D eigenvalue weighted by molar-refractivity contribution is 0.182. The van der Waals surface area contributed by atoms with Crippen molar-refractivity contribution in [3.63, 3.8) is 0 Å². The molecule has 0 fully saturated rings. The molecule has 1 rings (SSSR count). The summed E-state index contributed by atoms with van der Waals surface area (Å²) >= 11 is 22.6. The van der Waals surface area contributed by atoms with Crippen LogP contribution in [-0.4, -0.2) is 22.9 Å². The molecule has 8 heteroatoms. The molecule has 4 nitrogen and oxygen atoms in total. The van der Waals surface area contributed by atoms with Crippen molar-refractivity contribution in [1.82, 2.24) is 0 Å². The molecule has 98 valence electrons. The molecule has 0 bridgehead atoms. The van der Waals surface area contributed by atoms with Crippen LogP contribution in [0.15, 0.2) is 29.3 Å². The SMILES string of the molecule is COC(=O)/N=C(\Oc1ccc(Cl)cc1)C(Cl)(Cl)Cl. The van der Waals surface area contributed by atoms with Crippen molar-refractivity contribution in [2.24, 2.45) is 4.99 Å². The molecule has 0 unspecified atom stereocenters. The highest BCUT2D eigenvalue weighted by atomic mass is 35.6. The van der Waals surface area contributed by atoms with Gasteiger partial charge in [0.25, 0.3) is 9.69 Å². The number of hydrogen-bond donors (Lipinski definition) is 0. The van der Waals surface area contributed by atoms with Gasteiger partial charge in [-0.15, -0.1) is 4.99 Å². The average molecular weight is 331 g/mol. The first-order valence-corrected chi connectivity index (χ1v) is 6.01. The first-order chi connectivity index (χ1) is 8.32. The van der Waals surface area contributed by atoms with E-state index in [1.54, 1.807) is 12.1 Å². The third kappa shape index (κ3) is 4.90. The van der Waals surface area contributed by atoms with E-state index in [1.807, 2.05) is 0 Å². The van der Waals surface area contributed by atoms with Crippen LogP contribution in [0, 0.1) is 0 Å². The van der Waals surface area contributed by atoms with Gasteiger partial charge in [0.2, 0.25) is 0 Å². The summed E-state index contributed by atoms with van der Waals surface area (Å²) in [6.07, 6.45) is -0.940. The van der Waals surface area contributed by atoms with Crippen LogP contribution in [-0.2, 0) is 4.74 Å². The van der Waals surface area contributed by atoms with Crippen LogP contribution in [0.5, 0.6) is 5.75 Å². The number of ether oxygens (including phenoxy) is 2. The highest BCUT2D eigenvalue weighted by molar-refractivity contribution is 6.76. The van der Waals surface area contributed by atoms with Gasteiger partial charge >= 0.3 is 6.09 Å². The maximum atomic E-state index is 11.0. The minimum atomic E-state index is -1.99. The molecule has 18 heavy (non-hydrogen) atoms. The third-order valence-corrected chi connectivity index (χ3v) is 2.38. The molecule has 0 saturated carbocycles. The number of alkyl halides is 3. The molecule has 1 amide bonds. The zero-order valence-corrected chi connectivity index (χ0v) is 12.0. The molecule has 0 N–H and O–H groups in total. The average Bonchev–Trinajstić information content (AvgIpc) is 2.29. The molecule has 0 aliphatic rings. The fourth-order valence-corrected chi connectivity index (χ4v) is 1.26. The Kier molecular flexibility index (Phi) is 5.53. The number of halogens is 4. The summed E-state index contributed by atoms with van der Waals surface area (Å²) in [6, 6.07) is 6.22. The number of methoxy groups -OCH3 is 1. The lowest BCUT2D eigenvalue weighted by Gasteiger charge is -2.14. The van der Waals surface area contributed by atoms with Gasteiger partial charge in [0.05, 0.1) is 7.11 Å². The minimum Gasteiger partial charge on any atom is -0.451 e. The lowest BCUT2D eigenvalue weighted by atomic mass is 10.3. The third-order valence-electron chi connectivity index (χ3n) is 1.64. The summed E-state index contributed by atoms with van der Waals surface area (Å²) in [6.45, 7) is 0. The zero-order chi connectivity index (χ0) is 13.8. The second kappa shape index (κ2) is 6.48. The monoisotopic (exact) mass is 329 g/mol. The molecule has 0 aliphatic carbocycles. The molecule has 0 radical (unpaired) electrons. The predicted octanol–water partition coefficient (Wildman–Crippen LogP) is 4.25. The Morgan fingerprint density at radius 2 is 1.78 bits per heavy atom. The molecular weight excluding hydrogens is 324 g/mol. The highest BCUT2D eigenvalue weighted by Gasteiger charge is 2.32. The topological polar surface area (TPSA) is 47.9 Å². The van der Waals surface area contributed by atoms with Crippen LogP contribution in [0.25, 0.3) is 0 Å². The number of amides is 1.